The van der Waals surface area contributed by atoms with Gasteiger partial charge in [0.15, 0.2) is 0 Å². The van der Waals surface area contributed by atoms with Crippen molar-refractivity contribution in [2.24, 2.45) is 10.8 Å². The molecule has 2 aliphatic rings. The molecule has 7 nitrogen and oxygen atoms in total. The molecule has 0 saturated heterocycles. The van der Waals surface area contributed by atoms with Gasteiger partial charge in [-0.25, -0.2) is 0 Å². The second-order valence-corrected chi connectivity index (χ2v) is 7.12. The van der Waals surface area contributed by atoms with Gasteiger partial charge >= 0.3 is 0 Å². The van der Waals surface area contributed by atoms with Crippen LogP contribution in [0.1, 0.15) is 18.1 Å². The third-order valence-corrected chi connectivity index (χ3v) is 4.77. The molecule has 0 spiro atoms. The van der Waals surface area contributed by atoms with Crippen LogP contribution >= 0.6 is 23.2 Å². The lowest BCUT2D eigenvalue weighted by atomic mass is 10.1. The van der Waals surface area contributed by atoms with Crippen molar-refractivity contribution in [3.8, 4) is 11.5 Å². The molecule has 2 aromatic rings. The Bertz CT molecular complexity index is 860. The van der Waals surface area contributed by atoms with Gasteiger partial charge in [-0.05, 0) is 35.7 Å². The van der Waals surface area contributed by atoms with Crippen molar-refractivity contribution in [3.05, 3.63) is 68.0 Å². The fourth-order valence-electron chi connectivity index (χ4n) is 2.96. The van der Waals surface area contributed by atoms with Crippen molar-refractivity contribution in [2.45, 2.75) is 32.0 Å². The van der Waals surface area contributed by atoms with E-state index in [1.54, 1.807) is 13.0 Å². The highest BCUT2D eigenvalue weighted by molar-refractivity contribution is 6.32. The molecule has 2 aromatic carbocycles. The maximum absolute atomic E-state index is 8.17. The van der Waals surface area contributed by atoms with Crippen molar-refractivity contribution in [1.29, 1.82) is 0 Å². The van der Waals surface area contributed by atoms with Gasteiger partial charge in [-0.3, -0.25) is 0 Å². The van der Waals surface area contributed by atoms with Gasteiger partial charge in [-0.1, -0.05) is 52.6 Å². The van der Waals surface area contributed by atoms with E-state index in [0.29, 0.717) is 23.1 Å². The highest BCUT2D eigenvalue weighted by Gasteiger charge is 2.24. The number of hydrogen-bond acceptors (Lipinski definition) is 5. The summed E-state index contributed by atoms with van der Waals surface area (Å²) in [7, 11) is 0. The second kappa shape index (κ2) is 11.8. The van der Waals surface area contributed by atoms with E-state index < -0.39 is 0 Å². The normalized spacial score (nSPS) is 17.8. The predicted molar refractivity (Wildman–Crippen MR) is 115 cm³/mol. The highest BCUT2D eigenvalue weighted by atomic mass is 35.5. The lowest BCUT2D eigenvalue weighted by Crippen LogP contribution is -2.24. The average Bonchev–Trinajstić information content (AvgIpc) is 3.33. The van der Waals surface area contributed by atoms with E-state index >= 15 is 0 Å². The number of ether oxygens (including phenoxy) is 2. The summed E-state index contributed by atoms with van der Waals surface area (Å²) < 4.78 is 11.1. The Labute approximate surface area is 180 Å². The van der Waals surface area contributed by atoms with Gasteiger partial charge < -0.3 is 20.3 Å². The first-order chi connectivity index (χ1) is 14.0. The summed E-state index contributed by atoms with van der Waals surface area (Å²) in [6.07, 6.45) is 1.68. The van der Waals surface area contributed by atoms with Crippen molar-refractivity contribution >= 4 is 23.2 Å². The SMILES string of the molecule is CCO.NCC1Cc2cccc(Cl)c2O1.[N-]=[N+]=NCC1Cc2cccc(Cl)c2O1. The van der Waals surface area contributed by atoms with Crippen LogP contribution in [0.2, 0.25) is 10.0 Å². The summed E-state index contributed by atoms with van der Waals surface area (Å²) >= 11 is 11.9. The fraction of sp³-hybridized carbons (Fsp3) is 0.400. The van der Waals surface area contributed by atoms with Crippen LogP contribution in [-0.4, -0.2) is 37.0 Å². The van der Waals surface area contributed by atoms with Gasteiger partial charge in [0, 0.05) is 30.9 Å². The summed E-state index contributed by atoms with van der Waals surface area (Å²) in [6.45, 7) is 2.83. The standard InChI is InChI=1S/C9H8ClN3O.C9H10ClNO.C2H6O/c10-8-3-1-2-6-4-7(5-12-13-11)14-9(6)8;10-8-3-1-2-6-4-7(5-11)12-9(6)8;1-2-3/h1-3,7H,4-5H2;1-3,7H,4-5,11H2;3H,2H2,1H3. The van der Waals surface area contributed by atoms with Crippen LogP contribution in [0, 0.1) is 0 Å². The molecule has 9 heteroatoms. The number of azide groups is 1. The highest BCUT2D eigenvalue weighted by Crippen LogP contribution is 2.36. The molecule has 29 heavy (non-hydrogen) atoms. The number of nitrogens with zero attached hydrogens (tertiary/aromatic N) is 3. The van der Waals surface area contributed by atoms with Crippen LogP contribution in [-0.2, 0) is 12.8 Å². The Hall–Kier alpha value is -2.15. The predicted octanol–water partition coefficient (Wildman–Crippen LogP) is 4.55. The first kappa shape index (κ1) is 23.1. The summed E-state index contributed by atoms with van der Waals surface area (Å²) in [4.78, 5) is 2.70. The fourth-order valence-corrected chi connectivity index (χ4v) is 3.44. The zero-order chi connectivity index (χ0) is 21.2. The van der Waals surface area contributed by atoms with Crippen molar-refractivity contribution in [1.82, 2.24) is 0 Å². The molecule has 0 aromatic heterocycles. The molecule has 0 bridgehead atoms. The average molecular weight is 439 g/mol. The maximum Gasteiger partial charge on any atom is 0.141 e. The van der Waals surface area contributed by atoms with Crippen LogP contribution in [0.15, 0.2) is 41.5 Å². The summed E-state index contributed by atoms with van der Waals surface area (Å²) in [6, 6.07) is 11.4. The molecule has 2 heterocycles. The molecule has 0 radical (unpaired) electrons. The van der Waals surface area contributed by atoms with E-state index in [-0.39, 0.29) is 18.8 Å². The summed E-state index contributed by atoms with van der Waals surface area (Å²) in [5.74, 6) is 1.54. The van der Waals surface area contributed by atoms with E-state index in [2.05, 4.69) is 10.0 Å². The number of halogens is 2. The number of hydrogen-bond donors (Lipinski definition) is 2. The molecule has 4 rings (SSSR count). The number of rotatable bonds is 3. The van der Waals surface area contributed by atoms with Crippen molar-refractivity contribution in [2.75, 3.05) is 19.7 Å². The number of benzene rings is 2. The van der Waals surface area contributed by atoms with Crippen LogP contribution in [0.5, 0.6) is 11.5 Å². The lowest BCUT2D eigenvalue weighted by Gasteiger charge is -2.06. The Balaban J connectivity index is 0.000000184. The van der Waals surface area contributed by atoms with Gasteiger partial charge in [0.05, 0.1) is 16.6 Å². The molecular formula is C20H24Cl2N4O3. The molecule has 0 fully saturated rings. The number of fused-ring (bicyclic) bond motifs is 2. The molecule has 0 amide bonds. The molecule has 0 saturated carbocycles. The van der Waals surface area contributed by atoms with Crippen LogP contribution < -0.4 is 15.2 Å². The van der Waals surface area contributed by atoms with Gasteiger partial charge in [-0.2, -0.15) is 0 Å². The third kappa shape index (κ3) is 6.42. The van der Waals surface area contributed by atoms with Gasteiger partial charge in [0.2, 0.25) is 0 Å². The topological polar surface area (TPSA) is 113 Å². The summed E-state index contributed by atoms with van der Waals surface area (Å²) in [5.41, 5.74) is 15.9. The number of aliphatic hydroxyl groups is 1. The van der Waals surface area contributed by atoms with Crippen LogP contribution in [0.3, 0.4) is 0 Å². The van der Waals surface area contributed by atoms with Crippen molar-refractivity contribution < 1.29 is 14.6 Å². The van der Waals surface area contributed by atoms with Gasteiger partial charge in [0.25, 0.3) is 0 Å². The minimum absolute atomic E-state index is 0.0687. The van der Waals surface area contributed by atoms with E-state index in [9.17, 15) is 0 Å². The molecule has 2 aliphatic heterocycles. The monoisotopic (exact) mass is 438 g/mol. The van der Waals surface area contributed by atoms with E-state index in [1.165, 1.54) is 0 Å². The number of para-hydroxylation sites is 2. The third-order valence-electron chi connectivity index (χ3n) is 4.17. The van der Waals surface area contributed by atoms with Gasteiger partial charge in [0.1, 0.15) is 23.7 Å². The Kier molecular flexibility index (Phi) is 9.38. The molecule has 2 atom stereocenters. The lowest BCUT2D eigenvalue weighted by molar-refractivity contribution is 0.241. The minimum atomic E-state index is -0.0687. The summed E-state index contributed by atoms with van der Waals surface area (Å²) in [5, 5.41) is 12.3. The number of aliphatic hydroxyl groups excluding tert-OH is 1. The molecular weight excluding hydrogens is 415 g/mol. The Morgan fingerprint density at radius 3 is 2.00 bits per heavy atom. The Morgan fingerprint density at radius 1 is 1.07 bits per heavy atom. The first-order valence-corrected chi connectivity index (χ1v) is 9.99. The zero-order valence-electron chi connectivity index (χ0n) is 16.1. The quantitative estimate of drug-likeness (QED) is 0.415. The Morgan fingerprint density at radius 2 is 1.55 bits per heavy atom. The zero-order valence-corrected chi connectivity index (χ0v) is 17.6. The van der Waals surface area contributed by atoms with Crippen molar-refractivity contribution in [3.63, 3.8) is 0 Å². The second-order valence-electron chi connectivity index (χ2n) is 6.31. The smallest absolute Gasteiger partial charge is 0.141 e. The molecule has 0 aliphatic carbocycles. The molecule has 3 N–H and O–H groups in total. The first-order valence-electron chi connectivity index (χ1n) is 9.23. The molecule has 156 valence electrons. The molecule has 2 unspecified atom stereocenters. The largest absolute Gasteiger partial charge is 0.488 e. The van der Waals surface area contributed by atoms with Gasteiger partial charge in [-0.15, -0.1) is 0 Å². The number of nitrogens with two attached hydrogens (primary N) is 1. The maximum atomic E-state index is 8.17. The van der Waals surface area contributed by atoms with E-state index in [4.69, 9.17) is 49.0 Å². The van der Waals surface area contributed by atoms with E-state index in [1.807, 2.05) is 30.3 Å². The van der Waals surface area contributed by atoms with Crippen LogP contribution in [0.4, 0.5) is 0 Å². The van der Waals surface area contributed by atoms with E-state index in [0.717, 1.165) is 35.5 Å². The minimum Gasteiger partial charge on any atom is -0.488 e. The van der Waals surface area contributed by atoms with Crippen LogP contribution in [0.25, 0.3) is 10.4 Å².